The van der Waals surface area contributed by atoms with Crippen molar-refractivity contribution in [3.8, 4) is 0 Å². The Bertz CT molecular complexity index is 768. The molecule has 8 heteroatoms. The zero-order valence-electron chi connectivity index (χ0n) is 14.6. The van der Waals surface area contributed by atoms with Crippen molar-refractivity contribution >= 4 is 17.7 Å². The molecule has 1 fully saturated rings. The second-order valence-corrected chi connectivity index (χ2v) is 6.65. The summed E-state index contributed by atoms with van der Waals surface area (Å²) in [7, 11) is 0. The summed E-state index contributed by atoms with van der Waals surface area (Å²) in [5.41, 5.74) is 0.283. The van der Waals surface area contributed by atoms with Gasteiger partial charge in [0, 0.05) is 11.3 Å². The number of pyridine rings is 1. The van der Waals surface area contributed by atoms with Crippen LogP contribution < -0.4 is 5.32 Å². The van der Waals surface area contributed by atoms with Crippen molar-refractivity contribution in [2.75, 3.05) is 13.2 Å². The molecule has 0 aromatic carbocycles. The minimum atomic E-state index is -1.16. The van der Waals surface area contributed by atoms with Crippen LogP contribution in [0.4, 0.5) is 0 Å². The molecule has 1 atom stereocenters. The number of carboxylic acids is 1. The Labute approximate surface area is 145 Å². The molecule has 1 saturated heterocycles. The summed E-state index contributed by atoms with van der Waals surface area (Å²) in [6.07, 6.45) is -0.624. The Morgan fingerprint density at radius 2 is 2.04 bits per heavy atom. The molecule has 1 unspecified atom stereocenters. The van der Waals surface area contributed by atoms with Gasteiger partial charge in [-0.3, -0.25) is 4.79 Å². The molecule has 0 bridgehead atoms. The monoisotopic (exact) mass is 347 g/mol. The first-order valence-corrected chi connectivity index (χ1v) is 8.13. The maximum atomic E-state index is 12.3. The topological polar surface area (TPSA) is 110 Å². The summed E-state index contributed by atoms with van der Waals surface area (Å²) < 4.78 is 10.9. The second kappa shape index (κ2) is 6.20. The lowest BCUT2D eigenvalue weighted by molar-refractivity contribution is -0.124. The number of carboxylic acid groups (broad SMARTS) is 1. The van der Waals surface area contributed by atoms with Gasteiger partial charge in [-0.2, -0.15) is 0 Å². The minimum Gasteiger partial charge on any atom is -0.478 e. The van der Waals surface area contributed by atoms with Crippen LogP contribution in [0, 0.1) is 12.8 Å². The highest BCUT2D eigenvalue weighted by molar-refractivity contribution is 6.17. The number of aromatic carboxylic acids is 1. The molecule has 2 aliphatic heterocycles. The summed E-state index contributed by atoms with van der Waals surface area (Å²) in [4.78, 5) is 32.9. The first kappa shape index (κ1) is 17.5. The molecule has 1 aromatic heterocycles. The Morgan fingerprint density at radius 3 is 2.56 bits per heavy atom. The van der Waals surface area contributed by atoms with E-state index in [0.717, 1.165) is 0 Å². The van der Waals surface area contributed by atoms with Gasteiger partial charge >= 0.3 is 5.97 Å². The van der Waals surface area contributed by atoms with E-state index in [9.17, 15) is 14.7 Å². The Morgan fingerprint density at radius 1 is 1.40 bits per heavy atom. The van der Waals surface area contributed by atoms with E-state index in [1.54, 1.807) is 13.8 Å². The molecule has 1 amide bonds. The Hall–Kier alpha value is -2.32. The number of rotatable bonds is 4. The van der Waals surface area contributed by atoms with Crippen LogP contribution in [0.3, 0.4) is 0 Å². The summed E-state index contributed by atoms with van der Waals surface area (Å²) in [5.74, 6) is -1.28. The molecule has 0 radical (unpaired) electrons. The highest BCUT2D eigenvalue weighted by atomic mass is 16.7. The number of carbonyl (C=O) groups is 2. The summed E-state index contributed by atoms with van der Waals surface area (Å²) in [5, 5.41) is 12.3. The fourth-order valence-corrected chi connectivity index (χ4v) is 2.79. The standard InChI is InChI=1S/C17H21N3O5/c1-8(2)17(4)16(23)19-13(20-17)12-11(14(21)22)7-10(9(3)18-12)15-24-5-6-25-15/h7-8,15H,5-6H2,1-4H3,(H,21,22)(H,19,20,23). The van der Waals surface area contributed by atoms with Crippen molar-refractivity contribution in [2.45, 2.75) is 39.5 Å². The first-order chi connectivity index (χ1) is 11.7. The van der Waals surface area contributed by atoms with Gasteiger partial charge in [-0.25, -0.2) is 14.8 Å². The third-order valence-electron chi connectivity index (χ3n) is 4.74. The van der Waals surface area contributed by atoms with E-state index in [-0.39, 0.29) is 28.9 Å². The summed E-state index contributed by atoms with van der Waals surface area (Å²) in [6, 6.07) is 1.48. The van der Waals surface area contributed by atoms with Crippen LogP contribution in [0.25, 0.3) is 0 Å². The van der Waals surface area contributed by atoms with Gasteiger partial charge in [0.25, 0.3) is 5.91 Å². The molecule has 8 nitrogen and oxygen atoms in total. The molecular weight excluding hydrogens is 326 g/mol. The van der Waals surface area contributed by atoms with Crippen molar-refractivity contribution in [2.24, 2.45) is 10.9 Å². The number of aryl methyl sites for hydroxylation is 1. The van der Waals surface area contributed by atoms with Crippen LogP contribution >= 0.6 is 0 Å². The van der Waals surface area contributed by atoms with Crippen LogP contribution in [-0.2, 0) is 14.3 Å². The fourth-order valence-electron chi connectivity index (χ4n) is 2.79. The molecule has 1 aromatic rings. The van der Waals surface area contributed by atoms with Gasteiger partial charge in [0.05, 0.1) is 18.8 Å². The number of amides is 1. The Kier molecular flexibility index (Phi) is 4.34. The minimum absolute atomic E-state index is 0.0427. The highest BCUT2D eigenvalue weighted by Gasteiger charge is 2.43. The van der Waals surface area contributed by atoms with Crippen LogP contribution in [-0.4, -0.2) is 46.6 Å². The number of nitrogens with zero attached hydrogens (tertiary/aromatic N) is 2. The quantitative estimate of drug-likeness (QED) is 0.852. The van der Waals surface area contributed by atoms with E-state index in [0.29, 0.717) is 24.5 Å². The average Bonchev–Trinajstić information content (AvgIpc) is 3.16. The summed E-state index contributed by atoms with van der Waals surface area (Å²) in [6.45, 7) is 8.14. The maximum absolute atomic E-state index is 12.3. The van der Waals surface area contributed by atoms with Gasteiger partial charge in [0.2, 0.25) is 0 Å². The van der Waals surface area contributed by atoms with Crippen LogP contribution in [0.5, 0.6) is 0 Å². The molecule has 2 N–H and O–H groups in total. The van der Waals surface area contributed by atoms with E-state index in [1.165, 1.54) is 6.07 Å². The van der Waals surface area contributed by atoms with Gasteiger partial charge in [0.15, 0.2) is 12.1 Å². The number of amidine groups is 1. The zero-order valence-corrected chi connectivity index (χ0v) is 14.6. The van der Waals surface area contributed by atoms with Crippen molar-refractivity contribution in [1.82, 2.24) is 10.3 Å². The third-order valence-corrected chi connectivity index (χ3v) is 4.74. The Balaban J connectivity index is 2.09. The van der Waals surface area contributed by atoms with Crippen molar-refractivity contribution in [3.63, 3.8) is 0 Å². The van der Waals surface area contributed by atoms with E-state index in [1.807, 2.05) is 13.8 Å². The number of nitrogens with one attached hydrogen (secondary N) is 1. The van der Waals surface area contributed by atoms with Crippen LogP contribution in [0.2, 0.25) is 0 Å². The van der Waals surface area contributed by atoms with E-state index in [2.05, 4.69) is 15.3 Å². The van der Waals surface area contributed by atoms with Crippen LogP contribution in [0.1, 0.15) is 54.4 Å². The second-order valence-electron chi connectivity index (χ2n) is 6.65. The molecule has 2 aliphatic rings. The predicted octanol–water partition coefficient (Wildman–Crippen LogP) is 1.42. The molecule has 3 heterocycles. The van der Waals surface area contributed by atoms with E-state index < -0.39 is 17.8 Å². The number of hydrogen-bond donors (Lipinski definition) is 2. The molecule has 0 spiro atoms. The van der Waals surface area contributed by atoms with Crippen molar-refractivity contribution in [1.29, 1.82) is 0 Å². The number of aromatic nitrogens is 1. The number of aliphatic imine (C=N–C) groups is 1. The number of hydrogen-bond acceptors (Lipinski definition) is 6. The highest BCUT2D eigenvalue weighted by Crippen LogP contribution is 2.30. The lowest BCUT2D eigenvalue weighted by Crippen LogP contribution is -2.41. The van der Waals surface area contributed by atoms with Crippen molar-refractivity contribution < 1.29 is 24.2 Å². The molecule has 134 valence electrons. The largest absolute Gasteiger partial charge is 0.478 e. The smallest absolute Gasteiger partial charge is 0.338 e. The van der Waals surface area contributed by atoms with E-state index in [4.69, 9.17) is 9.47 Å². The molecule has 25 heavy (non-hydrogen) atoms. The molecule has 0 aliphatic carbocycles. The average molecular weight is 347 g/mol. The van der Waals surface area contributed by atoms with Gasteiger partial charge < -0.3 is 19.9 Å². The predicted molar refractivity (Wildman–Crippen MR) is 88.5 cm³/mol. The SMILES string of the molecule is Cc1nc(C2=NC(C)(C(C)C)C(=O)N2)c(C(=O)O)cc1C1OCCO1. The lowest BCUT2D eigenvalue weighted by atomic mass is 9.89. The van der Waals surface area contributed by atoms with E-state index >= 15 is 0 Å². The maximum Gasteiger partial charge on any atom is 0.338 e. The molecular formula is C17H21N3O5. The third kappa shape index (κ3) is 2.91. The fraction of sp³-hybridized carbons (Fsp3) is 0.529. The number of ether oxygens (including phenoxy) is 2. The van der Waals surface area contributed by atoms with Gasteiger partial charge in [0.1, 0.15) is 11.2 Å². The molecule has 0 saturated carbocycles. The first-order valence-electron chi connectivity index (χ1n) is 8.13. The van der Waals surface area contributed by atoms with Gasteiger partial charge in [-0.1, -0.05) is 13.8 Å². The number of carbonyl (C=O) groups excluding carboxylic acids is 1. The van der Waals surface area contributed by atoms with Crippen molar-refractivity contribution in [3.05, 3.63) is 28.6 Å². The normalized spacial score (nSPS) is 23.9. The lowest BCUT2D eigenvalue weighted by Gasteiger charge is -2.21. The zero-order chi connectivity index (χ0) is 18.4. The van der Waals surface area contributed by atoms with Gasteiger partial charge in [-0.05, 0) is 25.8 Å². The van der Waals surface area contributed by atoms with Gasteiger partial charge in [-0.15, -0.1) is 0 Å². The molecule has 3 rings (SSSR count). The summed E-state index contributed by atoms with van der Waals surface area (Å²) >= 11 is 0. The van der Waals surface area contributed by atoms with Crippen LogP contribution in [0.15, 0.2) is 11.1 Å².